The quantitative estimate of drug-likeness (QED) is 0.592. The van der Waals surface area contributed by atoms with Crippen molar-refractivity contribution in [2.45, 2.75) is 11.6 Å². The van der Waals surface area contributed by atoms with Gasteiger partial charge in [-0.15, -0.1) is 0 Å². The van der Waals surface area contributed by atoms with E-state index >= 15 is 0 Å². The fraction of sp³-hybridized carbons (Fsp3) is 0.385. The summed E-state index contributed by atoms with van der Waals surface area (Å²) in [5, 5.41) is 10.1. The van der Waals surface area contributed by atoms with E-state index in [4.69, 9.17) is 0 Å². The Labute approximate surface area is 127 Å². The fourth-order valence-electron chi connectivity index (χ4n) is 1.63. The van der Waals surface area contributed by atoms with Gasteiger partial charge in [-0.1, -0.05) is 17.8 Å². The predicted octanol–water partition coefficient (Wildman–Crippen LogP) is 1.18. The van der Waals surface area contributed by atoms with Gasteiger partial charge in [-0.25, -0.2) is 9.78 Å². The van der Waals surface area contributed by atoms with Gasteiger partial charge in [0.15, 0.2) is 5.16 Å². The summed E-state index contributed by atoms with van der Waals surface area (Å²) in [5.74, 6) is 0.745. The molecule has 112 valence electrons. The number of hydrogen-bond acceptors (Lipinski definition) is 5. The van der Waals surface area contributed by atoms with Gasteiger partial charge in [0, 0.05) is 44.2 Å². The Morgan fingerprint density at radius 2 is 2.33 bits per heavy atom. The van der Waals surface area contributed by atoms with Crippen LogP contribution in [0.2, 0.25) is 0 Å². The number of thioether (sulfide) groups is 1. The van der Waals surface area contributed by atoms with E-state index < -0.39 is 0 Å². The van der Waals surface area contributed by atoms with Gasteiger partial charge in [-0.2, -0.15) is 5.10 Å². The van der Waals surface area contributed by atoms with Crippen LogP contribution in [0.25, 0.3) is 0 Å². The first-order valence-corrected chi connectivity index (χ1v) is 7.61. The van der Waals surface area contributed by atoms with Gasteiger partial charge in [-0.05, 0) is 12.1 Å². The first kappa shape index (κ1) is 15.3. The van der Waals surface area contributed by atoms with E-state index in [1.807, 2.05) is 18.2 Å². The monoisotopic (exact) mass is 306 g/mol. The maximum Gasteiger partial charge on any atom is 0.317 e. The van der Waals surface area contributed by atoms with Crippen LogP contribution in [0.4, 0.5) is 4.79 Å². The molecular weight excluding hydrogens is 288 g/mol. The van der Waals surface area contributed by atoms with Gasteiger partial charge in [0.1, 0.15) is 6.33 Å². The molecule has 0 unspecified atom stereocenters. The minimum atomic E-state index is -0.0795. The van der Waals surface area contributed by atoms with Gasteiger partial charge >= 0.3 is 6.03 Å². The topological polar surface area (TPSA) is 86.8 Å². The highest BCUT2D eigenvalue weighted by Gasteiger charge is 2.08. The molecule has 2 aromatic rings. The van der Waals surface area contributed by atoms with Gasteiger partial charge in [0.25, 0.3) is 0 Å². The van der Waals surface area contributed by atoms with Crippen molar-refractivity contribution in [1.82, 2.24) is 30.4 Å². The second kappa shape index (κ2) is 8.25. The first-order valence-electron chi connectivity index (χ1n) is 6.63. The SMILES string of the molecule is CN(CCc1ccccn1)C(=O)NCCSc1ncn[nH]1. The van der Waals surface area contributed by atoms with Crippen molar-refractivity contribution in [3.63, 3.8) is 0 Å². The summed E-state index contributed by atoms with van der Waals surface area (Å²) < 4.78 is 0. The second-order valence-electron chi connectivity index (χ2n) is 4.36. The van der Waals surface area contributed by atoms with Crippen LogP contribution < -0.4 is 5.32 Å². The third-order valence-electron chi connectivity index (χ3n) is 2.79. The van der Waals surface area contributed by atoms with Gasteiger partial charge in [0.2, 0.25) is 0 Å². The van der Waals surface area contributed by atoms with Crippen molar-refractivity contribution in [2.75, 3.05) is 25.9 Å². The summed E-state index contributed by atoms with van der Waals surface area (Å²) in [4.78, 5) is 21.8. The Balaban J connectivity index is 1.61. The molecule has 8 heteroatoms. The molecule has 2 N–H and O–H groups in total. The largest absolute Gasteiger partial charge is 0.337 e. The summed E-state index contributed by atoms with van der Waals surface area (Å²) in [6.45, 7) is 1.22. The van der Waals surface area contributed by atoms with Crippen molar-refractivity contribution in [3.05, 3.63) is 36.4 Å². The van der Waals surface area contributed by atoms with Crippen molar-refractivity contribution >= 4 is 17.8 Å². The van der Waals surface area contributed by atoms with E-state index in [1.54, 1.807) is 18.1 Å². The predicted molar refractivity (Wildman–Crippen MR) is 81.1 cm³/mol. The average molecular weight is 306 g/mol. The molecule has 0 radical (unpaired) electrons. The summed E-state index contributed by atoms with van der Waals surface area (Å²) in [7, 11) is 1.78. The lowest BCUT2D eigenvalue weighted by molar-refractivity contribution is 0.210. The third kappa shape index (κ3) is 5.42. The zero-order chi connectivity index (χ0) is 14.9. The highest BCUT2D eigenvalue weighted by atomic mass is 32.2. The summed E-state index contributed by atoms with van der Waals surface area (Å²) in [5.41, 5.74) is 0.984. The third-order valence-corrected chi connectivity index (χ3v) is 3.66. The van der Waals surface area contributed by atoms with E-state index in [2.05, 4.69) is 25.5 Å². The molecule has 2 heterocycles. The van der Waals surface area contributed by atoms with E-state index in [-0.39, 0.29) is 6.03 Å². The lowest BCUT2D eigenvalue weighted by Gasteiger charge is -2.17. The zero-order valence-corrected chi connectivity index (χ0v) is 12.6. The summed E-state index contributed by atoms with van der Waals surface area (Å²) in [6.07, 6.45) is 3.97. The second-order valence-corrected chi connectivity index (χ2v) is 5.45. The van der Waals surface area contributed by atoms with Crippen LogP contribution in [0.1, 0.15) is 5.69 Å². The Bertz CT molecular complexity index is 533. The molecule has 21 heavy (non-hydrogen) atoms. The number of aromatic amines is 1. The molecule has 0 aliphatic carbocycles. The highest BCUT2D eigenvalue weighted by Crippen LogP contribution is 2.08. The van der Waals surface area contributed by atoms with Crippen molar-refractivity contribution in [2.24, 2.45) is 0 Å². The Hall–Kier alpha value is -2.09. The smallest absolute Gasteiger partial charge is 0.317 e. The molecule has 0 saturated carbocycles. The van der Waals surface area contributed by atoms with Crippen LogP contribution in [0.15, 0.2) is 35.9 Å². The molecule has 0 bridgehead atoms. The number of carbonyl (C=O) groups is 1. The van der Waals surface area contributed by atoms with E-state index in [1.165, 1.54) is 18.1 Å². The highest BCUT2D eigenvalue weighted by molar-refractivity contribution is 7.99. The summed E-state index contributed by atoms with van der Waals surface area (Å²) >= 11 is 1.52. The molecule has 2 amide bonds. The van der Waals surface area contributed by atoms with Crippen LogP contribution >= 0.6 is 11.8 Å². The minimum Gasteiger partial charge on any atom is -0.337 e. The van der Waals surface area contributed by atoms with E-state index in [0.717, 1.165) is 23.0 Å². The molecule has 0 fully saturated rings. The van der Waals surface area contributed by atoms with Crippen LogP contribution in [0.3, 0.4) is 0 Å². The molecule has 0 saturated heterocycles. The Morgan fingerprint density at radius 3 is 3.05 bits per heavy atom. The molecule has 0 atom stereocenters. The van der Waals surface area contributed by atoms with Crippen molar-refractivity contribution in [1.29, 1.82) is 0 Å². The lowest BCUT2D eigenvalue weighted by Crippen LogP contribution is -2.39. The Kier molecular flexibility index (Phi) is 6.01. The average Bonchev–Trinajstić information content (AvgIpc) is 3.03. The van der Waals surface area contributed by atoms with E-state index in [0.29, 0.717) is 13.1 Å². The van der Waals surface area contributed by atoms with Gasteiger partial charge < -0.3 is 10.2 Å². The Morgan fingerprint density at radius 1 is 1.43 bits per heavy atom. The molecule has 0 aliphatic heterocycles. The normalized spacial score (nSPS) is 10.3. The van der Waals surface area contributed by atoms with Crippen LogP contribution in [0.5, 0.6) is 0 Å². The molecule has 2 aromatic heterocycles. The van der Waals surface area contributed by atoms with E-state index in [9.17, 15) is 4.79 Å². The number of urea groups is 1. The maximum atomic E-state index is 11.9. The number of likely N-dealkylation sites (N-methyl/N-ethyl adjacent to an activating group) is 1. The number of aromatic nitrogens is 4. The lowest BCUT2D eigenvalue weighted by atomic mass is 10.2. The zero-order valence-electron chi connectivity index (χ0n) is 11.8. The molecular formula is C13H18N6OS. The van der Waals surface area contributed by atoms with Crippen molar-refractivity contribution in [3.8, 4) is 0 Å². The number of nitrogens with one attached hydrogen (secondary N) is 2. The fourth-order valence-corrected chi connectivity index (χ4v) is 2.27. The minimum absolute atomic E-state index is 0.0795. The summed E-state index contributed by atoms with van der Waals surface area (Å²) in [6, 6.07) is 5.71. The van der Waals surface area contributed by atoms with Crippen molar-refractivity contribution < 1.29 is 4.79 Å². The maximum absolute atomic E-state index is 11.9. The number of hydrogen-bond donors (Lipinski definition) is 2. The first-order chi connectivity index (χ1) is 10.3. The molecule has 7 nitrogen and oxygen atoms in total. The molecule has 0 aromatic carbocycles. The number of nitrogens with zero attached hydrogens (tertiary/aromatic N) is 4. The number of carbonyl (C=O) groups excluding carboxylic acids is 1. The van der Waals surface area contributed by atoms with Gasteiger partial charge in [-0.3, -0.25) is 10.1 Å². The number of pyridine rings is 1. The number of amides is 2. The standard InChI is InChI=1S/C13H18N6OS/c1-19(8-5-11-4-2-3-6-14-11)13(20)15-7-9-21-12-16-10-17-18-12/h2-4,6,10H,5,7-9H2,1H3,(H,15,20)(H,16,17,18). The van der Waals surface area contributed by atoms with Crippen LogP contribution in [-0.4, -0.2) is 57.0 Å². The van der Waals surface area contributed by atoms with Crippen LogP contribution in [-0.2, 0) is 6.42 Å². The number of H-pyrrole nitrogens is 1. The molecule has 0 aliphatic rings. The number of rotatable bonds is 7. The van der Waals surface area contributed by atoms with Gasteiger partial charge in [0.05, 0.1) is 0 Å². The van der Waals surface area contributed by atoms with Crippen LogP contribution in [0, 0.1) is 0 Å². The molecule has 0 spiro atoms. The molecule has 2 rings (SSSR count).